The van der Waals surface area contributed by atoms with Gasteiger partial charge in [-0.1, -0.05) is 0 Å². The number of anilines is 1. The number of hydrogen-bond acceptors (Lipinski definition) is 5. The molecule has 2 aromatic rings. The second kappa shape index (κ2) is 7.41. The number of nitrogens with one attached hydrogen (secondary N) is 1. The van der Waals surface area contributed by atoms with Gasteiger partial charge in [-0.2, -0.15) is 5.26 Å². The number of hydrogen-bond donors (Lipinski definition) is 2. The first kappa shape index (κ1) is 19.3. The fourth-order valence-corrected chi connectivity index (χ4v) is 3.51. The van der Waals surface area contributed by atoms with E-state index in [0.29, 0.717) is 22.5 Å². The highest BCUT2D eigenvalue weighted by molar-refractivity contribution is 5.96. The molecule has 2 fully saturated rings. The summed E-state index contributed by atoms with van der Waals surface area (Å²) in [6.07, 6.45) is 0.795. The highest BCUT2D eigenvalue weighted by Gasteiger charge is 2.33. The van der Waals surface area contributed by atoms with Gasteiger partial charge in [0.15, 0.2) is 0 Å². The van der Waals surface area contributed by atoms with E-state index in [1.165, 1.54) is 23.2 Å². The fourth-order valence-electron chi connectivity index (χ4n) is 3.51. The van der Waals surface area contributed by atoms with Crippen LogP contribution in [0.3, 0.4) is 0 Å². The molecule has 2 N–H and O–H groups in total. The van der Waals surface area contributed by atoms with Crippen LogP contribution in [0.1, 0.15) is 34.3 Å². The van der Waals surface area contributed by atoms with E-state index in [4.69, 9.17) is 0 Å². The number of carbonyl (C=O) groups is 1. The van der Waals surface area contributed by atoms with Crippen molar-refractivity contribution in [3.8, 4) is 17.2 Å². The van der Waals surface area contributed by atoms with Crippen molar-refractivity contribution in [3.05, 3.63) is 46.9 Å². The van der Waals surface area contributed by atoms with Gasteiger partial charge in [0.25, 0.3) is 5.91 Å². The average molecular weight is 398 g/mol. The molecule has 1 amide bonds. The maximum atomic E-state index is 14.4. The zero-order valence-electron chi connectivity index (χ0n) is 15.8. The number of nitriles is 1. The molecule has 6 nitrogen and oxygen atoms in total. The smallest absolute Gasteiger partial charge is 0.254 e. The number of rotatable bonds is 4. The van der Waals surface area contributed by atoms with Gasteiger partial charge in [-0.05, 0) is 49.1 Å². The van der Waals surface area contributed by atoms with Gasteiger partial charge in [-0.3, -0.25) is 4.79 Å². The second-order valence-electron chi connectivity index (χ2n) is 7.59. The van der Waals surface area contributed by atoms with Crippen molar-refractivity contribution >= 4 is 11.7 Å². The Labute approximate surface area is 166 Å². The molecule has 2 heterocycles. The first-order valence-corrected chi connectivity index (χ1v) is 9.46. The Bertz CT molecular complexity index is 1010. The van der Waals surface area contributed by atoms with Gasteiger partial charge < -0.3 is 15.3 Å². The number of alkyl halides is 1. The van der Waals surface area contributed by atoms with Crippen molar-refractivity contribution in [1.29, 1.82) is 5.26 Å². The zero-order chi connectivity index (χ0) is 20.7. The molecule has 2 atom stereocenters. The van der Waals surface area contributed by atoms with E-state index >= 15 is 0 Å². The van der Waals surface area contributed by atoms with Gasteiger partial charge in [0.2, 0.25) is 0 Å². The minimum absolute atomic E-state index is 0.0384. The molecule has 4 rings (SSSR count). The summed E-state index contributed by atoms with van der Waals surface area (Å²) in [6.45, 7) is 1.73. The van der Waals surface area contributed by atoms with Crippen LogP contribution in [-0.2, 0) is 0 Å². The number of amides is 1. The normalized spacial score (nSPS) is 21.1. The summed E-state index contributed by atoms with van der Waals surface area (Å²) >= 11 is 0. The molecule has 2 unspecified atom stereocenters. The molecule has 0 radical (unpaired) electrons. The second-order valence-corrected chi connectivity index (χ2v) is 7.59. The zero-order valence-corrected chi connectivity index (χ0v) is 15.8. The van der Waals surface area contributed by atoms with Crippen LogP contribution in [0, 0.1) is 24.1 Å². The number of carbonyl (C=O) groups excluding carboxylic acids is 1. The first-order chi connectivity index (χ1) is 13.9. The van der Waals surface area contributed by atoms with Crippen LogP contribution >= 0.6 is 0 Å². The van der Waals surface area contributed by atoms with E-state index in [1.54, 1.807) is 13.0 Å². The Balaban J connectivity index is 1.69. The molecule has 29 heavy (non-hydrogen) atoms. The van der Waals surface area contributed by atoms with Crippen LogP contribution in [0.2, 0.25) is 0 Å². The van der Waals surface area contributed by atoms with E-state index < -0.39 is 24.0 Å². The highest BCUT2D eigenvalue weighted by Crippen LogP contribution is 2.31. The molecular formula is C21H20F2N4O2. The van der Waals surface area contributed by atoms with E-state index in [9.17, 15) is 23.9 Å². The standard InChI is InChI=1S/C21H20F2N4O2/c1-11-4-17(22)16(21(29)26-14-2-3-14)6-15(11)13-5-12(7-24)20(25-8-13)27-9-18(23)19(28)10-27/h4-6,8,14,18-19,28H,2-3,9-10H2,1H3,(H,26,29). The number of aromatic nitrogens is 1. The van der Waals surface area contributed by atoms with Gasteiger partial charge in [-0.15, -0.1) is 0 Å². The van der Waals surface area contributed by atoms with Crippen LogP contribution in [0.15, 0.2) is 24.4 Å². The molecule has 1 saturated carbocycles. The quantitative estimate of drug-likeness (QED) is 0.826. The van der Waals surface area contributed by atoms with Crippen molar-refractivity contribution < 1.29 is 18.7 Å². The third-order valence-electron chi connectivity index (χ3n) is 5.29. The number of nitrogens with zero attached hydrogens (tertiary/aromatic N) is 3. The first-order valence-electron chi connectivity index (χ1n) is 9.46. The highest BCUT2D eigenvalue weighted by atomic mass is 19.1. The third-order valence-corrected chi connectivity index (χ3v) is 5.29. The van der Waals surface area contributed by atoms with Crippen molar-refractivity contribution in [3.63, 3.8) is 0 Å². The van der Waals surface area contributed by atoms with E-state index in [1.807, 2.05) is 0 Å². The number of aliphatic hydroxyl groups excluding tert-OH is 1. The lowest BCUT2D eigenvalue weighted by Gasteiger charge is -2.18. The molecule has 0 spiro atoms. The monoisotopic (exact) mass is 398 g/mol. The summed E-state index contributed by atoms with van der Waals surface area (Å²) < 4.78 is 28.0. The number of halogens is 2. The Morgan fingerprint density at radius 1 is 1.34 bits per heavy atom. The van der Waals surface area contributed by atoms with Crippen LogP contribution in [0.25, 0.3) is 11.1 Å². The van der Waals surface area contributed by atoms with Crippen molar-refractivity contribution in [2.24, 2.45) is 0 Å². The van der Waals surface area contributed by atoms with E-state index in [0.717, 1.165) is 12.8 Å². The molecule has 1 aliphatic heterocycles. The Kier molecular flexibility index (Phi) is 4.92. The molecule has 150 valence electrons. The number of pyridine rings is 1. The summed E-state index contributed by atoms with van der Waals surface area (Å²) in [6, 6.07) is 6.51. The average Bonchev–Trinajstić information content (AvgIpc) is 3.44. The molecular weight excluding hydrogens is 378 g/mol. The van der Waals surface area contributed by atoms with Gasteiger partial charge in [0.05, 0.1) is 17.7 Å². The fraction of sp³-hybridized carbons (Fsp3) is 0.381. The summed E-state index contributed by atoms with van der Waals surface area (Å²) in [5, 5.41) is 22.0. The van der Waals surface area contributed by atoms with E-state index in [2.05, 4.69) is 16.4 Å². The summed E-state index contributed by atoms with van der Waals surface area (Å²) in [4.78, 5) is 18.2. The molecule has 8 heteroatoms. The molecule has 2 aliphatic rings. The van der Waals surface area contributed by atoms with E-state index in [-0.39, 0.29) is 30.3 Å². The summed E-state index contributed by atoms with van der Waals surface area (Å²) in [5.74, 6) is -0.771. The van der Waals surface area contributed by atoms with Gasteiger partial charge >= 0.3 is 0 Å². The lowest BCUT2D eigenvalue weighted by molar-refractivity contribution is 0.0947. The van der Waals surface area contributed by atoms with Crippen LogP contribution in [-0.4, -0.2) is 47.4 Å². The van der Waals surface area contributed by atoms with Gasteiger partial charge in [0, 0.05) is 24.3 Å². The van der Waals surface area contributed by atoms with Crippen molar-refractivity contribution in [2.75, 3.05) is 18.0 Å². The molecule has 1 aromatic heterocycles. The number of benzene rings is 1. The van der Waals surface area contributed by atoms with Crippen LogP contribution in [0.5, 0.6) is 0 Å². The molecule has 0 bridgehead atoms. The maximum Gasteiger partial charge on any atom is 0.254 e. The molecule has 1 aromatic carbocycles. The molecule has 1 saturated heterocycles. The van der Waals surface area contributed by atoms with Crippen molar-refractivity contribution in [1.82, 2.24) is 10.3 Å². The topological polar surface area (TPSA) is 89.2 Å². The largest absolute Gasteiger partial charge is 0.388 e. The van der Waals surface area contributed by atoms with Gasteiger partial charge in [-0.25, -0.2) is 13.8 Å². The SMILES string of the molecule is Cc1cc(F)c(C(=O)NC2CC2)cc1-c1cnc(N2CC(O)C(F)C2)c(C#N)c1. The lowest BCUT2D eigenvalue weighted by Crippen LogP contribution is -2.26. The minimum Gasteiger partial charge on any atom is -0.388 e. The Morgan fingerprint density at radius 3 is 2.72 bits per heavy atom. The third kappa shape index (κ3) is 3.78. The predicted octanol–water partition coefficient (Wildman–Crippen LogP) is 2.48. The maximum absolute atomic E-state index is 14.4. The molecule has 1 aliphatic carbocycles. The number of aliphatic hydroxyl groups is 1. The Hall–Kier alpha value is -3.05. The number of β-amino-alcohol motifs (C(OH)–C–C–N with tert-alkyl or cyclic N) is 1. The summed E-state index contributed by atoms with van der Waals surface area (Å²) in [5.41, 5.74) is 1.91. The van der Waals surface area contributed by atoms with Crippen LogP contribution < -0.4 is 10.2 Å². The predicted molar refractivity (Wildman–Crippen MR) is 103 cm³/mol. The lowest BCUT2D eigenvalue weighted by atomic mass is 9.97. The van der Waals surface area contributed by atoms with Crippen molar-refractivity contribution in [2.45, 2.75) is 38.1 Å². The number of aryl methyl sites for hydroxylation is 1. The van der Waals surface area contributed by atoms with Gasteiger partial charge in [0.1, 0.15) is 30.0 Å². The minimum atomic E-state index is -1.39. The summed E-state index contributed by atoms with van der Waals surface area (Å²) in [7, 11) is 0. The van der Waals surface area contributed by atoms with Crippen LogP contribution in [0.4, 0.5) is 14.6 Å². The Morgan fingerprint density at radius 2 is 2.10 bits per heavy atom.